The molecule has 1 saturated heterocycles. The highest BCUT2D eigenvalue weighted by Crippen LogP contribution is 2.18. The summed E-state index contributed by atoms with van der Waals surface area (Å²) in [6.07, 6.45) is -0.115. The minimum atomic E-state index is -2.28. The average molecular weight is 555 g/mol. The molecule has 2 heterocycles. The van der Waals surface area contributed by atoms with Gasteiger partial charge in [0.1, 0.15) is 0 Å². The number of likely N-dealkylation sites (tertiary alicyclic amines) is 1. The molecule has 166 valence electrons. The van der Waals surface area contributed by atoms with Crippen molar-refractivity contribution in [1.82, 2.24) is 25.7 Å². The van der Waals surface area contributed by atoms with E-state index in [1.54, 1.807) is 24.1 Å². The van der Waals surface area contributed by atoms with Crippen LogP contribution in [0.25, 0.3) is 11.4 Å². The SMILES string of the molecule is CN=C(NCCc1nc(-c2ccc(Cl)cc2)no1)NC1CCN(CC(F)F)CC1.I. The minimum absolute atomic E-state index is 0. The third-order valence-corrected chi connectivity index (χ3v) is 5.00. The molecule has 0 amide bonds. The monoisotopic (exact) mass is 554 g/mol. The maximum absolute atomic E-state index is 12.5. The lowest BCUT2D eigenvalue weighted by Gasteiger charge is -2.32. The highest BCUT2D eigenvalue weighted by molar-refractivity contribution is 14.0. The van der Waals surface area contributed by atoms with Gasteiger partial charge in [0.05, 0.1) is 6.54 Å². The summed E-state index contributed by atoms with van der Waals surface area (Å²) < 4.78 is 30.2. The first-order chi connectivity index (χ1) is 14.0. The molecule has 0 spiro atoms. The number of hydrogen-bond acceptors (Lipinski definition) is 5. The zero-order chi connectivity index (χ0) is 20.6. The number of aromatic nitrogens is 2. The maximum Gasteiger partial charge on any atom is 0.251 e. The summed E-state index contributed by atoms with van der Waals surface area (Å²) in [6, 6.07) is 7.46. The quantitative estimate of drug-likeness (QED) is 0.310. The standard InChI is InChI=1S/C19H25ClF2N6O.HI/c1-23-19(25-15-7-10-28(11-8-15)12-16(21)22)24-9-6-17-26-18(27-29-17)13-2-4-14(20)5-3-13;/h2-5,15-16H,6-12H2,1H3,(H2,23,24,25);1H. The Bertz CT molecular complexity index is 797. The summed E-state index contributed by atoms with van der Waals surface area (Å²) in [7, 11) is 1.70. The van der Waals surface area contributed by atoms with Crippen LogP contribution in [0.2, 0.25) is 5.02 Å². The molecule has 7 nitrogen and oxygen atoms in total. The van der Waals surface area contributed by atoms with Crippen molar-refractivity contribution in [2.24, 2.45) is 4.99 Å². The van der Waals surface area contributed by atoms with Crippen molar-refractivity contribution in [3.63, 3.8) is 0 Å². The number of benzene rings is 1. The van der Waals surface area contributed by atoms with Gasteiger partial charge < -0.3 is 15.2 Å². The molecule has 1 aromatic heterocycles. The summed E-state index contributed by atoms with van der Waals surface area (Å²) in [6.45, 7) is 1.75. The molecule has 1 aromatic carbocycles. The lowest BCUT2D eigenvalue weighted by Crippen LogP contribution is -2.49. The van der Waals surface area contributed by atoms with Gasteiger partial charge in [-0.2, -0.15) is 4.98 Å². The summed E-state index contributed by atoms with van der Waals surface area (Å²) in [5.74, 6) is 1.72. The van der Waals surface area contributed by atoms with Crippen molar-refractivity contribution in [2.75, 3.05) is 33.2 Å². The van der Waals surface area contributed by atoms with E-state index in [1.165, 1.54) is 0 Å². The van der Waals surface area contributed by atoms with E-state index in [4.69, 9.17) is 16.1 Å². The Kier molecular flexibility index (Phi) is 10.2. The lowest BCUT2D eigenvalue weighted by molar-refractivity contribution is 0.0744. The van der Waals surface area contributed by atoms with Gasteiger partial charge in [-0.1, -0.05) is 16.8 Å². The van der Waals surface area contributed by atoms with Crippen LogP contribution in [0.4, 0.5) is 8.78 Å². The van der Waals surface area contributed by atoms with Gasteiger partial charge in [-0.05, 0) is 37.1 Å². The van der Waals surface area contributed by atoms with E-state index >= 15 is 0 Å². The van der Waals surface area contributed by atoms with Gasteiger partial charge in [0.2, 0.25) is 11.7 Å². The molecule has 0 bridgehead atoms. The smallest absolute Gasteiger partial charge is 0.251 e. The third kappa shape index (κ3) is 7.62. The molecule has 0 saturated carbocycles. The van der Waals surface area contributed by atoms with E-state index in [0.29, 0.717) is 48.8 Å². The van der Waals surface area contributed by atoms with Crippen LogP contribution in [0, 0.1) is 0 Å². The second kappa shape index (κ2) is 12.4. The molecule has 1 fully saturated rings. The summed E-state index contributed by atoms with van der Waals surface area (Å²) >= 11 is 5.89. The molecule has 0 aliphatic carbocycles. The van der Waals surface area contributed by atoms with Crippen molar-refractivity contribution in [3.05, 3.63) is 35.2 Å². The molecule has 2 N–H and O–H groups in total. The number of hydrogen-bond donors (Lipinski definition) is 2. The fourth-order valence-electron chi connectivity index (χ4n) is 3.20. The molecular formula is C19H26ClF2IN6O. The van der Waals surface area contributed by atoms with Crippen molar-refractivity contribution in [2.45, 2.75) is 31.7 Å². The van der Waals surface area contributed by atoms with Crippen molar-refractivity contribution >= 4 is 41.5 Å². The maximum atomic E-state index is 12.5. The third-order valence-electron chi connectivity index (χ3n) is 4.75. The zero-order valence-corrected chi connectivity index (χ0v) is 19.7. The van der Waals surface area contributed by atoms with Gasteiger partial charge in [0.25, 0.3) is 6.43 Å². The number of nitrogens with one attached hydrogen (secondary N) is 2. The van der Waals surface area contributed by atoms with E-state index in [9.17, 15) is 8.78 Å². The number of halogens is 4. The molecule has 1 aliphatic heterocycles. The Morgan fingerprint density at radius 1 is 1.30 bits per heavy atom. The highest BCUT2D eigenvalue weighted by atomic mass is 127. The molecule has 1 aliphatic rings. The van der Waals surface area contributed by atoms with Crippen molar-refractivity contribution in [3.8, 4) is 11.4 Å². The van der Waals surface area contributed by atoms with Gasteiger partial charge in [-0.3, -0.25) is 9.89 Å². The Labute approximate surface area is 196 Å². The normalized spacial score (nSPS) is 15.8. The van der Waals surface area contributed by atoms with E-state index in [1.807, 2.05) is 12.1 Å². The van der Waals surface area contributed by atoms with E-state index in [2.05, 4.69) is 25.8 Å². The molecule has 3 rings (SSSR count). The minimum Gasteiger partial charge on any atom is -0.356 e. The van der Waals surface area contributed by atoms with Crippen LogP contribution in [0.1, 0.15) is 18.7 Å². The predicted molar refractivity (Wildman–Crippen MR) is 124 cm³/mol. The largest absolute Gasteiger partial charge is 0.356 e. The Morgan fingerprint density at radius 3 is 2.63 bits per heavy atom. The fourth-order valence-corrected chi connectivity index (χ4v) is 3.33. The first kappa shape index (κ1) is 24.7. The van der Waals surface area contributed by atoms with E-state index in [-0.39, 0.29) is 36.6 Å². The molecule has 11 heteroatoms. The zero-order valence-electron chi connectivity index (χ0n) is 16.7. The topological polar surface area (TPSA) is 78.6 Å². The van der Waals surface area contributed by atoms with E-state index < -0.39 is 6.43 Å². The first-order valence-corrected chi connectivity index (χ1v) is 9.97. The van der Waals surface area contributed by atoms with Gasteiger partial charge in [-0.15, -0.1) is 24.0 Å². The van der Waals surface area contributed by atoms with Crippen LogP contribution in [-0.2, 0) is 6.42 Å². The van der Waals surface area contributed by atoms with Gasteiger partial charge in [0, 0.05) is 49.7 Å². The van der Waals surface area contributed by atoms with Crippen molar-refractivity contribution in [1.29, 1.82) is 0 Å². The molecular weight excluding hydrogens is 529 g/mol. The van der Waals surface area contributed by atoms with Crippen molar-refractivity contribution < 1.29 is 13.3 Å². The Morgan fingerprint density at radius 2 is 2.00 bits per heavy atom. The summed E-state index contributed by atoms with van der Waals surface area (Å²) in [4.78, 5) is 10.4. The molecule has 0 radical (unpaired) electrons. The number of alkyl halides is 2. The second-order valence-corrected chi connectivity index (χ2v) is 7.31. The van der Waals surface area contributed by atoms with Crippen LogP contribution in [-0.4, -0.2) is 66.7 Å². The molecule has 0 atom stereocenters. The number of rotatable bonds is 7. The van der Waals surface area contributed by atoms with Crippen LogP contribution in [0.5, 0.6) is 0 Å². The van der Waals surface area contributed by atoms with Gasteiger partial charge >= 0.3 is 0 Å². The number of guanidine groups is 1. The lowest BCUT2D eigenvalue weighted by atomic mass is 10.1. The molecule has 0 unspecified atom stereocenters. The molecule has 30 heavy (non-hydrogen) atoms. The number of aliphatic imine (C=N–C) groups is 1. The summed E-state index contributed by atoms with van der Waals surface area (Å²) in [5.41, 5.74) is 0.841. The van der Waals surface area contributed by atoms with Crippen LogP contribution in [0.3, 0.4) is 0 Å². The predicted octanol–water partition coefficient (Wildman–Crippen LogP) is 3.45. The summed E-state index contributed by atoms with van der Waals surface area (Å²) in [5, 5.41) is 11.2. The number of nitrogens with zero attached hydrogens (tertiary/aromatic N) is 4. The average Bonchev–Trinajstić information content (AvgIpc) is 3.17. The van der Waals surface area contributed by atoms with E-state index in [0.717, 1.165) is 18.4 Å². The molecule has 2 aromatic rings. The highest BCUT2D eigenvalue weighted by Gasteiger charge is 2.22. The van der Waals surface area contributed by atoms with Crippen LogP contribution >= 0.6 is 35.6 Å². The second-order valence-electron chi connectivity index (χ2n) is 6.88. The Hall–Kier alpha value is -1.53. The van der Waals surface area contributed by atoms with Crippen LogP contribution in [0.15, 0.2) is 33.8 Å². The Balaban J connectivity index is 0.00000320. The fraction of sp³-hybridized carbons (Fsp3) is 0.526. The van der Waals surface area contributed by atoms with Gasteiger partial charge in [0.15, 0.2) is 5.96 Å². The number of piperidine rings is 1. The first-order valence-electron chi connectivity index (χ1n) is 9.59. The van der Waals surface area contributed by atoms with Gasteiger partial charge in [-0.25, -0.2) is 8.78 Å². The van der Waals surface area contributed by atoms with Crippen LogP contribution < -0.4 is 10.6 Å².